The highest BCUT2D eigenvalue weighted by Gasteiger charge is 2.17. The number of methoxy groups -OCH3 is 1. The molecule has 1 aromatic heterocycles. The van der Waals surface area contributed by atoms with Gasteiger partial charge in [-0.1, -0.05) is 12.1 Å². The average molecular weight is 341 g/mol. The lowest BCUT2D eigenvalue weighted by Gasteiger charge is -2.20. The molecule has 0 unspecified atom stereocenters. The molecule has 25 heavy (non-hydrogen) atoms. The zero-order chi connectivity index (χ0) is 18.4. The SMILES string of the molecule is COc1ccc(CNC(=O)c2ccnc(C(=O)NC(C)(C)C)c2)cc1. The van der Waals surface area contributed by atoms with Crippen LogP contribution < -0.4 is 15.4 Å². The van der Waals surface area contributed by atoms with Crippen LogP contribution in [0, 0.1) is 0 Å². The summed E-state index contributed by atoms with van der Waals surface area (Å²) in [6.45, 7) is 6.04. The first-order valence-electron chi connectivity index (χ1n) is 7.98. The molecule has 0 saturated heterocycles. The van der Waals surface area contributed by atoms with Crippen LogP contribution >= 0.6 is 0 Å². The molecule has 1 heterocycles. The van der Waals surface area contributed by atoms with Crippen LogP contribution in [0.1, 0.15) is 47.2 Å². The first kappa shape index (κ1) is 18.4. The van der Waals surface area contributed by atoms with Gasteiger partial charge in [-0.25, -0.2) is 0 Å². The van der Waals surface area contributed by atoms with Crippen molar-refractivity contribution < 1.29 is 14.3 Å². The van der Waals surface area contributed by atoms with E-state index in [0.29, 0.717) is 12.1 Å². The van der Waals surface area contributed by atoms with Crippen LogP contribution in [-0.2, 0) is 6.54 Å². The Kier molecular flexibility index (Phi) is 5.75. The maximum absolute atomic E-state index is 12.3. The average Bonchev–Trinajstić information content (AvgIpc) is 2.58. The van der Waals surface area contributed by atoms with E-state index in [1.54, 1.807) is 13.2 Å². The number of aromatic nitrogens is 1. The molecule has 0 spiro atoms. The van der Waals surface area contributed by atoms with Crippen LogP contribution in [0.4, 0.5) is 0 Å². The summed E-state index contributed by atoms with van der Waals surface area (Å²) in [5, 5.41) is 5.65. The predicted octanol–water partition coefficient (Wildman–Crippen LogP) is 2.55. The van der Waals surface area contributed by atoms with Gasteiger partial charge in [-0.15, -0.1) is 0 Å². The monoisotopic (exact) mass is 341 g/mol. The molecule has 2 aromatic rings. The molecule has 0 aliphatic carbocycles. The molecule has 6 heteroatoms. The molecular weight excluding hydrogens is 318 g/mol. The number of ether oxygens (including phenoxy) is 1. The molecule has 2 rings (SSSR count). The van der Waals surface area contributed by atoms with Gasteiger partial charge < -0.3 is 15.4 Å². The van der Waals surface area contributed by atoms with Gasteiger partial charge in [-0.3, -0.25) is 14.6 Å². The minimum atomic E-state index is -0.370. The summed E-state index contributed by atoms with van der Waals surface area (Å²) in [4.78, 5) is 28.5. The van der Waals surface area contributed by atoms with Gasteiger partial charge in [0.05, 0.1) is 7.11 Å². The van der Waals surface area contributed by atoms with Crippen LogP contribution in [0.2, 0.25) is 0 Å². The quantitative estimate of drug-likeness (QED) is 0.876. The summed E-state index contributed by atoms with van der Waals surface area (Å²) in [5.41, 5.74) is 1.19. The second-order valence-corrected chi connectivity index (χ2v) is 6.66. The number of amides is 2. The van der Waals surface area contributed by atoms with Crippen molar-refractivity contribution in [3.05, 3.63) is 59.4 Å². The summed E-state index contributed by atoms with van der Waals surface area (Å²) < 4.78 is 5.10. The highest BCUT2D eigenvalue weighted by Crippen LogP contribution is 2.11. The second-order valence-electron chi connectivity index (χ2n) is 6.66. The number of benzene rings is 1. The third-order valence-electron chi connectivity index (χ3n) is 3.36. The number of nitrogens with zero attached hydrogens (tertiary/aromatic N) is 1. The smallest absolute Gasteiger partial charge is 0.270 e. The number of carbonyl (C=O) groups excluding carboxylic acids is 2. The fraction of sp³-hybridized carbons (Fsp3) is 0.316. The molecule has 1 aromatic carbocycles. The van der Waals surface area contributed by atoms with Gasteiger partial charge in [0.25, 0.3) is 11.8 Å². The first-order valence-corrected chi connectivity index (χ1v) is 7.98. The maximum atomic E-state index is 12.3. The maximum Gasteiger partial charge on any atom is 0.270 e. The Bertz CT molecular complexity index is 749. The number of carbonyl (C=O) groups is 2. The Balaban J connectivity index is 2.01. The number of nitrogens with one attached hydrogen (secondary N) is 2. The number of pyridine rings is 1. The number of hydrogen-bond acceptors (Lipinski definition) is 4. The van der Waals surface area contributed by atoms with Crippen LogP contribution in [0.25, 0.3) is 0 Å². The van der Waals surface area contributed by atoms with E-state index in [4.69, 9.17) is 4.74 Å². The van der Waals surface area contributed by atoms with Crippen molar-refractivity contribution in [2.24, 2.45) is 0 Å². The Hall–Kier alpha value is -2.89. The Morgan fingerprint density at radius 2 is 1.76 bits per heavy atom. The predicted molar refractivity (Wildman–Crippen MR) is 95.6 cm³/mol. The van der Waals surface area contributed by atoms with Crippen LogP contribution in [-0.4, -0.2) is 29.4 Å². The van der Waals surface area contributed by atoms with Crippen molar-refractivity contribution in [3.63, 3.8) is 0 Å². The summed E-state index contributed by atoms with van der Waals surface area (Å²) >= 11 is 0. The molecule has 2 N–H and O–H groups in total. The van der Waals surface area contributed by atoms with Gasteiger partial charge in [-0.2, -0.15) is 0 Å². The molecule has 132 valence electrons. The van der Waals surface area contributed by atoms with Crippen molar-refractivity contribution in [3.8, 4) is 5.75 Å². The lowest BCUT2D eigenvalue weighted by atomic mass is 10.1. The summed E-state index contributed by atoms with van der Waals surface area (Å²) in [6.07, 6.45) is 1.46. The molecule has 0 aliphatic heterocycles. The van der Waals surface area contributed by atoms with Crippen LogP contribution in [0.15, 0.2) is 42.6 Å². The van der Waals surface area contributed by atoms with Gasteiger partial charge in [0.2, 0.25) is 0 Å². The topological polar surface area (TPSA) is 80.3 Å². The fourth-order valence-corrected chi connectivity index (χ4v) is 2.13. The Labute approximate surface area is 147 Å². The van der Waals surface area contributed by atoms with Crippen LogP contribution in [0.3, 0.4) is 0 Å². The van der Waals surface area contributed by atoms with E-state index in [1.165, 1.54) is 12.3 Å². The molecular formula is C19H23N3O3. The van der Waals surface area contributed by atoms with Crippen molar-refractivity contribution >= 4 is 11.8 Å². The minimum absolute atomic E-state index is 0.215. The molecule has 2 amide bonds. The summed E-state index contributed by atoms with van der Waals surface area (Å²) in [7, 11) is 1.60. The van der Waals surface area contributed by atoms with E-state index >= 15 is 0 Å². The summed E-state index contributed by atoms with van der Waals surface area (Å²) in [6, 6.07) is 10.5. The van der Waals surface area contributed by atoms with Crippen molar-refractivity contribution in [1.29, 1.82) is 0 Å². The van der Waals surface area contributed by atoms with Gasteiger partial charge in [0, 0.05) is 23.8 Å². The van der Waals surface area contributed by atoms with E-state index in [0.717, 1.165) is 11.3 Å². The molecule has 0 radical (unpaired) electrons. The lowest BCUT2D eigenvalue weighted by molar-refractivity contribution is 0.0914. The molecule has 0 bridgehead atoms. The van der Waals surface area contributed by atoms with Crippen molar-refractivity contribution in [1.82, 2.24) is 15.6 Å². The standard InChI is InChI=1S/C19H23N3O3/c1-19(2,3)22-18(24)16-11-14(9-10-20-16)17(23)21-12-13-5-7-15(25-4)8-6-13/h5-11H,12H2,1-4H3,(H,21,23)(H,22,24). The zero-order valence-electron chi connectivity index (χ0n) is 14.9. The first-order chi connectivity index (χ1) is 11.8. The van der Waals surface area contributed by atoms with E-state index in [2.05, 4.69) is 15.6 Å². The van der Waals surface area contributed by atoms with E-state index < -0.39 is 0 Å². The van der Waals surface area contributed by atoms with Crippen molar-refractivity contribution in [2.45, 2.75) is 32.9 Å². The minimum Gasteiger partial charge on any atom is -0.497 e. The fourth-order valence-electron chi connectivity index (χ4n) is 2.13. The third-order valence-corrected chi connectivity index (χ3v) is 3.36. The largest absolute Gasteiger partial charge is 0.497 e. The third kappa shape index (κ3) is 5.60. The molecule has 6 nitrogen and oxygen atoms in total. The highest BCUT2D eigenvalue weighted by molar-refractivity contribution is 5.98. The highest BCUT2D eigenvalue weighted by atomic mass is 16.5. The summed E-state index contributed by atoms with van der Waals surface area (Å²) in [5.74, 6) is 0.194. The van der Waals surface area contributed by atoms with Crippen LogP contribution in [0.5, 0.6) is 5.75 Å². The number of rotatable bonds is 5. The second kappa shape index (κ2) is 7.79. The van der Waals surface area contributed by atoms with E-state index in [9.17, 15) is 9.59 Å². The normalized spacial score (nSPS) is 10.9. The van der Waals surface area contributed by atoms with Crippen molar-refractivity contribution in [2.75, 3.05) is 7.11 Å². The van der Waals surface area contributed by atoms with Gasteiger partial charge >= 0.3 is 0 Å². The van der Waals surface area contributed by atoms with E-state index in [-0.39, 0.29) is 23.0 Å². The number of hydrogen-bond donors (Lipinski definition) is 2. The molecule has 0 fully saturated rings. The zero-order valence-corrected chi connectivity index (χ0v) is 14.9. The van der Waals surface area contributed by atoms with Gasteiger partial charge in [0.1, 0.15) is 11.4 Å². The molecule has 0 saturated carbocycles. The van der Waals surface area contributed by atoms with E-state index in [1.807, 2.05) is 45.0 Å². The van der Waals surface area contributed by atoms with Gasteiger partial charge in [0.15, 0.2) is 0 Å². The molecule has 0 aliphatic rings. The lowest BCUT2D eigenvalue weighted by Crippen LogP contribution is -2.41. The van der Waals surface area contributed by atoms with Gasteiger partial charge in [-0.05, 0) is 50.6 Å². The molecule has 0 atom stereocenters. The Morgan fingerprint density at radius 3 is 2.36 bits per heavy atom. The Morgan fingerprint density at radius 1 is 1.08 bits per heavy atom.